The van der Waals surface area contributed by atoms with E-state index in [4.69, 9.17) is 4.74 Å². The largest absolute Gasteiger partial charge is 0.488 e. The summed E-state index contributed by atoms with van der Waals surface area (Å²) in [7, 11) is 0. The first-order chi connectivity index (χ1) is 10.6. The summed E-state index contributed by atoms with van der Waals surface area (Å²) in [5, 5.41) is 3.33. The van der Waals surface area contributed by atoms with Gasteiger partial charge in [0.05, 0.1) is 4.47 Å². The molecule has 22 heavy (non-hydrogen) atoms. The van der Waals surface area contributed by atoms with Crippen LogP contribution in [-0.2, 0) is 5.41 Å². The molecule has 0 saturated carbocycles. The number of hydrogen-bond acceptors (Lipinski definition) is 2. The summed E-state index contributed by atoms with van der Waals surface area (Å²) in [6.07, 6.45) is 1.35. The van der Waals surface area contributed by atoms with Crippen LogP contribution in [0.15, 0.2) is 53.0 Å². The topological polar surface area (TPSA) is 21.3 Å². The third-order valence-corrected chi connectivity index (χ3v) is 5.08. The quantitative estimate of drug-likeness (QED) is 0.866. The van der Waals surface area contributed by atoms with Gasteiger partial charge in [-0.2, -0.15) is 0 Å². The molecule has 3 rings (SSSR count). The second kappa shape index (κ2) is 6.43. The zero-order chi connectivity index (χ0) is 15.6. The lowest BCUT2D eigenvalue weighted by molar-refractivity contribution is 0.221. The van der Waals surface area contributed by atoms with Gasteiger partial charge in [0.15, 0.2) is 0 Å². The highest BCUT2D eigenvalue weighted by Crippen LogP contribution is 2.36. The van der Waals surface area contributed by atoms with Crippen LogP contribution in [0.25, 0.3) is 0 Å². The van der Waals surface area contributed by atoms with Crippen LogP contribution in [0.2, 0.25) is 0 Å². The molecule has 0 aliphatic carbocycles. The van der Waals surface area contributed by atoms with E-state index in [-0.39, 0.29) is 11.5 Å². The molecule has 0 amide bonds. The number of halogens is 1. The fourth-order valence-corrected chi connectivity index (χ4v) is 3.39. The number of benzene rings is 2. The van der Waals surface area contributed by atoms with Crippen LogP contribution in [0.3, 0.4) is 0 Å². The molecule has 0 aromatic heterocycles. The Morgan fingerprint density at radius 2 is 1.86 bits per heavy atom. The normalized spacial score (nSPS) is 18.4. The van der Waals surface area contributed by atoms with E-state index in [0.717, 1.165) is 29.7 Å². The number of rotatable bonds is 4. The van der Waals surface area contributed by atoms with Gasteiger partial charge in [-0.1, -0.05) is 50.2 Å². The smallest absolute Gasteiger partial charge is 0.133 e. The monoisotopic (exact) mass is 359 g/mol. The van der Waals surface area contributed by atoms with Crippen molar-refractivity contribution in [1.82, 2.24) is 5.32 Å². The molecule has 1 N–H and O–H groups in total. The highest BCUT2D eigenvalue weighted by Gasteiger charge is 2.24. The first kappa shape index (κ1) is 15.6. The summed E-state index contributed by atoms with van der Waals surface area (Å²) < 4.78 is 7.10. The van der Waals surface area contributed by atoms with Gasteiger partial charge in [-0.05, 0) is 52.2 Å². The van der Waals surface area contributed by atoms with Crippen molar-refractivity contribution in [2.45, 2.75) is 31.8 Å². The van der Waals surface area contributed by atoms with Crippen LogP contribution < -0.4 is 10.1 Å². The van der Waals surface area contributed by atoms with E-state index in [1.54, 1.807) is 0 Å². The minimum atomic E-state index is -0.0305. The van der Waals surface area contributed by atoms with Gasteiger partial charge in [0.25, 0.3) is 0 Å². The molecular weight excluding hydrogens is 338 g/mol. The summed E-state index contributed by atoms with van der Waals surface area (Å²) in [4.78, 5) is 0. The summed E-state index contributed by atoms with van der Waals surface area (Å²) in [6.45, 7) is 6.49. The van der Waals surface area contributed by atoms with Crippen LogP contribution >= 0.6 is 15.9 Å². The van der Waals surface area contributed by atoms with Crippen LogP contribution in [0.5, 0.6) is 5.75 Å². The molecule has 116 valence electrons. The second-order valence-corrected chi connectivity index (χ2v) is 7.22. The SMILES string of the molecule is CC(C)(c1ccccc1)c1ccc(O[C@H]2CCNC2)c(Br)c1. The molecule has 0 radical (unpaired) electrons. The Bertz CT molecular complexity index is 633. The van der Waals surface area contributed by atoms with Gasteiger partial charge >= 0.3 is 0 Å². The predicted molar refractivity (Wildman–Crippen MR) is 94.6 cm³/mol. The van der Waals surface area contributed by atoms with E-state index >= 15 is 0 Å². The maximum atomic E-state index is 6.07. The average Bonchev–Trinajstić information content (AvgIpc) is 3.03. The van der Waals surface area contributed by atoms with Gasteiger partial charge in [0.1, 0.15) is 11.9 Å². The zero-order valence-corrected chi connectivity index (χ0v) is 14.7. The maximum Gasteiger partial charge on any atom is 0.133 e. The minimum absolute atomic E-state index is 0.0305. The standard InChI is InChI=1S/C19H22BrNO/c1-19(2,14-6-4-3-5-7-14)15-8-9-18(17(20)12-15)22-16-10-11-21-13-16/h3-9,12,16,21H,10-11,13H2,1-2H3/t16-/m0/s1. The molecule has 1 aliphatic heterocycles. The van der Waals surface area contributed by atoms with Crippen molar-refractivity contribution < 1.29 is 4.74 Å². The van der Waals surface area contributed by atoms with Gasteiger partial charge in [-0.3, -0.25) is 0 Å². The van der Waals surface area contributed by atoms with Crippen molar-refractivity contribution in [3.63, 3.8) is 0 Å². The molecule has 2 nitrogen and oxygen atoms in total. The summed E-state index contributed by atoms with van der Waals surface area (Å²) >= 11 is 3.67. The fourth-order valence-electron chi connectivity index (χ4n) is 2.91. The second-order valence-electron chi connectivity index (χ2n) is 6.37. The molecule has 0 spiro atoms. The summed E-state index contributed by atoms with van der Waals surface area (Å²) in [5.41, 5.74) is 2.56. The summed E-state index contributed by atoms with van der Waals surface area (Å²) in [6, 6.07) is 17.1. The Balaban J connectivity index is 1.84. The van der Waals surface area contributed by atoms with Crippen molar-refractivity contribution >= 4 is 15.9 Å². The lowest BCUT2D eigenvalue weighted by Crippen LogP contribution is -2.21. The van der Waals surface area contributed by atoms with E-state index in [9.17, 15) is 0 Å². The summed E-state index contributed by atoms with van der Waals surface area (Å²) in [5.74, 6) is 0.932. The Kier molecular flexibility index (Phi) is 4.55. The van der Waals surface area contributed by atoms with E-state index in [1.807, 2.05) is 0 Å². The molecule has 0 bridgehead atoms. The van der Waals surface area contributed by atoms with E-state index in [0.29, 0.717) is 0 Å². The highest BCUT2D eigenvalue weighted by molar-refractivity contribution is 9.10. The van der Waals surface area contributed by atoms with E-state index in [2.05, 4.69) is 83.6 Å². The van der Waals surface area contributed by atoms with E-state index in [1.165, 1.54) is 11.1 Å². The molecule has 1 fully saturated rings. The van der Waals surface area contributed by atoms with Gasteiger partial charge in [0.2, 0.25) is 0 Å². The van der Waals surface area contributed by atoms with Gasteiger partial charge in [-0.15, -0.1) is 0 Å². The number of hydrogen-bond donors (Lipinski definition) is 1. The molecule has 1 saturated heterocycles. The molecule has 1 atom stereocenters. The number of ether oxygens (including phenoxy) is 1. The van der Waals surface area contributed by atoms with Crippen molar-refractivity contribution in [2.24, 2.45) is 0 Å². The Morgan fingerprint density at radius 3 is 2.50 bits per heavy atom. The third kappa shape index (κ3) is 3.21. The first-order valence-electron chi connectivity index (χ1n) is 7.80. The van der Waals surface area contributed by atoms with E-state index < -0.39 is 0 Å². The van der Waals surface area contributed by atoms with Gasteiger partial charge in [0, 0.05) is 12.0 Å². The Labute approximate surface area is 141 Å². The van der Waals surface area contributed by atoms with Crippen molar-refractivity contribution in [2.75, 3.05) is 13.1 Å². The Hall–Kier alpha value is -1.32. The number of nitrogens with one attached hydrogen (secondary N) is 1. The van der Waals surface area contributed by atoms with Crippen LogP contribution in [0.4, 0.5) is 0 Å². The molecule has 3 heteroatoms. The van der Waals surface area contributed by atoms with Crippen molar-refractivity contribution in [3.05, 3.63) is 64.1 Å². The minimum Gasteiger partial charge on any atom is -0.488 e. The Morgan fingerprint density at radius 1 is 1.09 bits per heavy atom. The van der Waals surface area contributed by atoms with Crippen molar-refractivity contribution in [3.8, 4) is 5.75 Å². The predicted octanol–water partition coefficient (Wildman–Crippen LogP) is 4.52. The zero-order valence-electron chi connectivity index (χ0n) is 13.1. The molecule has 2 aromatic carbocycles. The molecule has 2 aromatic rings. The third-order valence-electron chi connectivity index (χ3n) is 4.46. The van der Waals surface area contributed by atoms with Crippen LogP contribution in [-0.4, -0.2) is 19.2 Å². The molecular formula is C19H22BrNO. The van der Waals surface area contributed by atoms with Crippen LogP contribution in [0.1, 0.15) is 31.4 Å². The fraction of sp³-hybridized carbons (Fsp3) is 0.368. The lowest BCUT2D eigenvalue weighted by Gasteiger charge is -2.27. The molecule has 1 heterocycles. The lowest BCUT2D eigenvalue weighted by atomic mass is 9.78. The first-order valence-corrected chi connectivity index (χ1v) is 8.59. The van der Waals surface area contributed by atoms with Crippen LogP contribution in [0, 0.1) is 0 Å². The van der Waals surface area contributed by atoms with Gasteiger partial charge in [-0.25, -0.2) is 0 Å². The maximum absolute atomic E-state index is 6.07. The average molecular weight is 360 g/mol. The molecule has 0 unspecified atom stereocenters. The molecule has 1 aliphatic rings. The van der Waals surface area contributed by atoms with Gasteiger partial charge < -0.3 is 10.1 Å². The highest BCUT2D eigenvalue weighted by atomic mass is 79.9. The van der Waals surface area contributed by atoms with Crippen molar-refractivity contribution in [1.29, 1.82) is 0 Å².